The van der Waals surface area contributed by atoms with E-state index >= 15 is 0 Å². The number of likely N-dealkylation sites (tertiary alicyclic amines) is 1. The quantitative estimate of drug-likeness (QED) is 0.822. The van der Waals surface area contributed by atoms with Crippen molar-refractivity contribution in [3.8, 4) is 0 Å². The Balaban J connectivity index is 1.59. The van der Waals surface area contributed by atoms with Crippen molar-refractivity contribution >= 4 is 0 Å². The van der Waals surface area contributed by atoms with Gasteiger partial charge in [0.2, 0.25) is 5.89 Å². The number of aromatic nitrogens is 2. The second kappa shape index (κ2) is 4.14. The predicted molar refractivity (Wildman–Crippen MR) is 58.8 cm³/mol. The van der Waals surface area contributed by atoms with Gasteiger partial charge in [-0.05, 0) is 32.2 Å². The Bertz CT molecular complexity index is 361. The van der Waals surface area contributed by atoms with Gasteiger partial charge in [0, 0.05) is 18.5 Å². The predicted octanol–water partition coefficient (Wildman–Crippen LogP) is 0.870. The Morgan fingerprint density at radius 1 is 1.38 bits per heavy atom. The Hall–Kier alpha value is -0.940. The first-order chi connectivity index (χ1) is 7.81. The van der Waals surface area contributed by atoms with Crippen molar-refractivity contribution in [1.29, 1.82) is 0 Å². The normalized spacial score (nSPS) is 27.2. The van der Waals surface area contributed by atoms with Crippen molar-refractivity contribution < 1.29 is 4.52 Å². The fourth-order valence-corrected chi connectivity index (χ4v) is 2.27. The highest BCUT2D eigenvalue weighted by Crippen LogP contribution is 2.38. The number of hydrogen-bond donors (Lipinski definition) is 1. The average molecular weight is 222 g/mol. The molecule has 1 saturated carbocycles. The highest BCUT2D eigenvalue weighted by atomic mass is 16.5. The zero-order valence-corrected chi connectivity index (χ0v) is 9.43. The summed E-state index contributed by atoms with van der Waals surface area (Å²) in [7, 11) is 0. The Labute approximate surface area is 95.0 Å². The van der Waals surface area contributed by atoms with E-state index in [2.05, 4.69) is 15.0 Å². The second-order valence-corrected chi connectivity index (χ2v) is 4.96. The minimum absolute atomic E-state index is 0.305. The number of nitrogens with zero attached hydrogens (tertiary/aromatic N) is 3. The summed E-state index contributed by atoms with van der Waals surface area (Å²) >= 11 is 0. The van der Waals surface area contributed by atoms with Gasteiger partial charge in [0.25, 0.3) is 0 Å². The van der Waals surface area contributed by atoms with Gasteiger partial charge in [0.05, 0.1) is 6.54 Å². The maximum Gasteiger partial charge on any atom is 0.240 e. The lowest BCUT2D eigenvalue weighted by Crippen LogP contribution is -2.42. The fourth-order valence-electron chi connectivity index (χ4n) is 2.27. The van der Waals surface area contributed by atoms with E-state index in [9.17, 15) is 0 Å². The summed E-state index contributed by atoms with van der Waals surface area (Å²) < 4.78 is 5.26. The number of nitrogens with two attached hydrogens (primary N) is 1. The largest absolute Gasteiger partial charge is 0.338 e. The van der Waals surface area contributed by atoms with Crippen LogP contribution in [0.15, 0.2) is 4.52 Å². The van der Waals surface area contributed by atoms with Crippen molar-refractivity contribution in [3.63, 3.8) is 0 Å². The van der Waals surface area contributed by atoms with Crippen LogP contribution < -0.4 is 5.73 Å². The van der Waals surface area contributed by atoms with Crippen LogP contribution in [0.2, 0.25) is 0 Å². The van der Waals surface area contributed by atoms with Crippen molar-refractivity contribution in [2.24, 2.45) is 5.73 Å². The molecule has 0 aromatic carbocycles. The lowest BCUT2D eigenvalue weighted by molar-refractivity contribution is 0.178. The summed E-state index contributed by atoms with van der Waals surface area (Å²) in [6.07, 6.45) is 4.74. The van der Waals surface area contributed by atoms with Gasteiger partial charge in [-0.3, -0.25) is 4.90 Å². The Morgan fingerprint density at radius 3 is 3.00 bits per heavy atom. The molecule has 1 aromatic rings. The number of rotatable bonds is 3. The average Bonchev–Trinajstić information content (AvgIpc) is 3.01. The van der Waals surface area contributed by atoms with E-state index in [1.807, 2.05) is 0 Å². The lowest BCUT2D eigenvalue weighted by atomic mass is 10.1. The lowest BCUT2D eigenvalue weighted by Gasteiger charge is -2.29. The molecule has 5 nitrogen and oxygen atoms in total. The van der Waals surface area contributed by atoms with Crippen molar-refractivity contribution in [1.82, 2.24) is 15.0 Å². The first kappa shape index (κ1) is 10.2. The topological polar surface area (TPSA) is 68.2 Å². The maximum atomic E-state index is 5.93. The smallest absolute Gasteiger partial charge is 0.240 e. The van der Waals surface area contributed by atoms with Gasteiger partial charge in [-0.15, -0.1) is 0 Å². The minimum Gasteiger partial charge on any atom is -0.338 e. The van der Waals surface area contributed by atoms with Crippen molar-refractivity contribution in [2.75, 3.05) is 13.1 Å². The Kier molecular flexibility index (Phi) is 2.65. The molecule has 88 valence electrons. The summed E-state index contributed by atoms with van der Waals surface area (Å²) in [6.45, 7) is 2.80. The summed E-state index contributed by atoms with van der Waals surface area (Å²) in [6, 6.07) is 0.305. The third-order valence-corrected chi connectivity index (χ3v) is 3.33. The van der Waals surface area contributed by atoms with Gasteiger partial charge < -0.3 is 10.3 Å². The van der Waals surface area contributed by atoms with E-state index < -0.39 is 0 Å². The maximum absolute atomic E-state index is 5.93. The summed E-state index contributed by atoms with van der Waals surface area (Å²) in [4.78, 5) is 6.74. The van der Waals surface area contributed by atoms with E-state index in [0.29, 0.717) is 12.0 Å². The van der Waals surface area contributed by atoms with Crippen LogP contribution in [0.3, 0.4) is 0 Å². The van der Waals surface area contributed by atoms with E-state index in [1.54, 1.807) is 0 Å². The molecule has 2 aliphatic rings. The summed E-state index contributed by atoms with van der Waals surface area (Å²) in [5.41, 5.74) is 5.93. The van der Waals surface area contributed by atoms with Crippen LogP contribution in [-0.4, -0.2) is 34.2 Å². The molecule has 0 spiro atoms. The van der Waals surface area contributed by atoms with Crippen LogP contribution in [-0.2, 0) is 6.54 Å². The van der Waals surface area contributed by atoms with Crippen LogP contribution in [0.4, 0.5) is 0 Å². The molecule has 1 aliphatic heterocycles. The molecular weight excluding hydrogens is 204 g/mol. The highest BCUT2D eigenvalue weighted by Gasteiger charge is 2.29. The third kappa shape index (κ3) is 2.25. The van der Waals surface area contributed by atoms with E-state index in [1.165, 1.54) is 19.3 Å². The van der Waals surface area contributed by atoms with Gasteiger partial charge in [0.15, 0.2) is 5.82 Å². The van der Waals surface area contributed by atoms with E-state index in [4.69, 9.17) is 10.3 Å². The minimum atomic E-state index is 0.305. The van der Waals surface area contributed by atoms with E-state index in [-0.39, 0.29) is 0 Å². The molecule has 5 heteroatoms. The zero-order chi connectivity index (χ0) is 11.0. The van der Waals surface area contributed by atoms with Gasteiger partial charge in [-0.25, -0.2) is 0 Å². The Morgan fingerprint density at radius 2 is 2.25 bits per heavy atom. The zero-order valence-electron chi connectivity index (χ0n) is 9.43. The first-order valence-electron chi connectivity index (χ1n) is 6.11. The standard InChI is InChI=1S/C11H18N4O/c12-9-2-1-5-15(6-9)7-10-13-11(14-16-10)8-3-4-8/h8-9H,1-7,12H2. The molecule has 16 heavy (non-hydrogen) atoms. The molecule has 1 aliphatic carbocycles. The SMILES string of the molecule is NC1CCCN(Cc2nc(C3CC3)no2)C1. The summed E-state index contributed by atoms with van der Waals surface area (Å²) in [5, 5.41) is 4.02. The molecule has 2 N–H and O–H groups in total. The van der Waals surface area contributed by atoms with Gasteiger partial charge >= 0.3 is 0 Å². The molecule has 3 rings (SSSR count). The van der Waals surface area contributed by atoms with Crippen LogP contribution in [0.5, 0.6) is 0 Å². The molecule has 0 bridgehead atoms. The van der Waals surface area contributed by atoms with Crippen LogP contribution >= 0.6 is 0 Å². The van der Waals surface area contributed by atoms with Gasteiger partial charge in [0.1, 0.15) is 0 Å². The molecule has 1 saturated heterocycles. The third-order valence-electron chi connectivity index (χ3n) is 3.33. The molecular formula is C11H18N4O. The number of piperidine rings is 1. The van der Waals surface area contributed by atoms with Crippen LogP contribution in [0.25, 0.3) is 0 Å². The monoisotopic (exact) mass is 222 g/mol. The molecule has 1 unspecified atom stereocenters. The van der Waals surface area contributed by atoms with E-state index in [0.717, 1.165) is 37.8 Å². The first-order valence-corrected chi connectivity index (χ1v) is 6.11. The van der Waals surface area contributed by atoms with Crippen molar-refractivity contribution in [3.05, 3.63) is 11.7 Å². The van der Waals surface area contributed by atoms with Gasteiger partial charge in [-0.1, -0.05) is 5.16 Å². The van der Waals surface area contributed by atoms with Crippen LogP contribution in [0.1, 0.15) is 43.3 Å². The molecule has 2 heterocycles. The second-order valence-electron chi connectivity index (χ2n) is 4.96. The highest BCUT2D eigenvalue weighted by molar-refractivity contribution is 5.03. The molecule has 2 fully saturated rings. The molecule has 1 aromatic heterocycles. The van der Waals surface area contributed by atoms with Crippen molar-refractivity contribution in [2.45, 2.75) is 44.2 Å². The number of hydrogen-bond acceptors (Lipinski definition) is 5. The fraction of sp³-hybridized carbons (Fsp3) is 0.818. The molecule has 1 atom stereocenters. The molecule has 0 amide bonds. The van der Waals surface area contributed by atoms with Gasteiger partial charge in [-0.2, -0.15) is 4.98 Å². The van der Waals surface area contributed by atoms with Crippen LogP contribution in [0, 0.1) is 0 Å². The summed E-state index contributed by atoms with van der Waals surface area (Å²) in [5.74, 6) is 2.22. The molecule has 0 radical (unpaired) electrons.